The van der Waals surface area contributed by atoms with E-state index in [9.17, 15) is 8.78 Å². The molecule has 0 amide bonds. The van der Waals surface area contributed by atoms with Crippen molar-refractivity contribution >= 4 is 0 Å². The van der Waals surface area contributed by atoms with E-state index in [1.54, 1.807) is 6.92 Å². The Morgan fingerprint density at radius 3 is 2.23 bits per heavy atom. The van der Waals surface area contributed by atoms with E-state index in [1.807, 2.05) is 0 Å². The fourth-order valence-electron chi connectivity index (χ4n) is 1.73. The highest BCUT2D eigenvalue weighted by atomic mass is 19.1. The quantitative estimate of drug-likeness (QED) is 0.707. The lowest BCUT2D eigenvalue weighted by Gasteiger charge is -2.11. The molecular formula is C10H11F2N. The summed E-state index contributed by atoms with van der Waals surface area (Å²) in [6.07, 6.45) is 0.658. The third-order valence-electron chi connectivity index (χ3n) is 2.84. The van der Waals surface area contributed by atoms with E-state index in [2.05, 4.69) is 0 Å². The van der Waals surface area contributed by atoms with Gasteiger partial charge in [0.15, 0.2) is 0 Å². The second kappa shape index (κ2) is 2.51. The SMILES string of the molecule is C[C@@]1(c2c(F)cccc2F)C[C@@H]1N. The minimum Gasteiger partial charge on any atom is -0.327 e. The molecular weight excluding hydrogens is 172 g/mol. The van der Waals surface area contributed by atoms with Crippen LogP contribution >= 0.6 is 0 Å². The standard InChI is InChI=1S/C10H11F2N/c1-10(5-8(10)13)9-6(11)3-2-4-7(9)12/h2-4,8H,5,13H2,1H3/t8-,10+/m0/s1. The van der Waals surface area contributed by atoms with Gasteiger partial charge in [0.25, 0.3) is 0 Å². The summed E-state index contributed by atoms with van der Waals surface area (Å²) in [6.45, 7) is 1.79. The van der Waals surface area contributed by atoms with Crippen LogP contribution in [0.3, 0.4) is 0 Å². The first kappa shape index (κ1) is 8.63. The first-order valence-corrected chi connectivity index (χ1v) is 4.26. The molecule has 70 valence electrons. The van der Waals surface area contributed by atoms with Crippen LogP contribution in [-0.4, -0.2) is 6.04 Å². The zero-order chi connectivity index (χ0) is 9.64. The molecule has 0 aliphatic heterocycles. The second-order valence-corrected chi connectivity index (χ2v) is 3.82. The topological polar surface area (TPSA) is 26.0 Å². The molecule has 2 atom stereocenters. The van der Waals surface area contributed by atoms with Gasteiger partial charge in [-0.2, -0.15) is 0 Å². The van der Waals surface area contributed by atoms with E-state index in [1.165, 1.54) is 18.2 Å². The molecule has 0 spiro atoms. The van der Waals surface area contributed by atoms with Crippen LogP contribution in [-0.2, 0) is 5.41 Å². The Morgan fingerprint density at radius 1 is 1.38 bits per heavy atom. The number of benzene rings is 1. The molecule has 0 heterocycles. The average Bonchev–Trinajstić information content (AvgIpc) is 2.59. The van der Waals surface area contributed by atoms with Crippen molar-refractivity contribution in [2.75, 3.05) is 0 Å². The summed E-state index contributed by atoms with van der Waals surface area (Å²) in [5.41, 5.74) is 5.29. The first-order chi connectivity index (χ1) is 6.05. The number of hydrogen-bond donors (Lipinski definition) is 1. The number of nitrogens with two attached hydrogens (primary N) is 1. The molecule has 0 saturated heterocycles. The highest BCUT2D eigenvalue weighted by Crippen LogP contribution is 2.48. The maximum absolute atomic E-state index is 13.3. The number of hydrogen-bond acceptors (Lipinski definition) is 1. The summed E-state index contributed by atoms with van der Waals surface area (Å²) in [5, 5.41) is 0. The van der Waals surface area contributed by atoms with E-state index in [-0.39, 0.29) is 11.6 Å². The molecule has 3 heteroatoms. The zero-order valence-electron chi connectivity index (χ0n) is 7.35. The summed E-state index contributed by atoms with van der Waals surface area (Å²) in [6, 6.07) is 3.80. The van der Waals surface area contributed by atoms with Crippen LogP contribution in [0.1, 0.15) is 18.9 Å². The monoisotopic (exact) mass is 183 g/mol. The van der Waals surface area contributed by atoms with Crippen molar-refractivity contribution in [3.05, 3.63) is 35.4 Å². The van der Waals surface area contributed by atoms with E-state index in [0.29, 0.717) is 6.42 Å². The summed E-state index contributed by atoms with van der Waals surface area (Å²) < 4.78 is 26.5. The summed E-state index contributed by atoms with van der Waals surface area (Å²) in [4.78, 5) is 0. The third kappa shape index (κ3) is 1.15. The normalized spacial score (nSPS) is 31.8. The van der Waals surface area contributed by atoms with Gasteiger partial charge in [0.2, 0.25) is 0 Å². The molecule has 1 aromatic rings. The number of rotatable bonds is 1. The van der Waals surface area contributed by atoms with Gasteiger partial charge in [0, 0.05) is 17.0 Å². The van der Waals surface area contributed by atoms with Crippen molar-refractivity contribution in [1.29, 1.82) is 0 Å². The van der Waals surface area contributed by atoms with Gasteiger partial charge in [-0.15, -0.1) is 0 Å². The molecule has 1 aliphatic rings. The van der Waals surface area contributed by atoms with Crippen LogP contribution in [0.15, 0.2) is 18.2 Å². The molecule has 1 aliphatic carbocycles. The molecule has 1 nitrogen and oxygen atoms in total. The second-order valence-electron chi connectivity index (χ2n) is 3.82. The molecule has 1 aromatic carbocycles. The molecule has 13 heavy (non-hydrogen) atoms. The van der Waals surface area contributed by atoms with Gasteiger partial charge in [-0.1, -0.05) is 13.0 Å². The Balaban J connectivity index is 2.52. The van der Waals surface area contributed by atoms with E-state index >= 15 is 0 Å². The minimum absolute atomic E-state index is 0.112. The highest BCUT2D eigenvalue weighted by molar-refractivity contribution is 5.36. The van der Waals surface area contributed by atoms with Crippen LogP contribution in [0.25, 0.3) is 0 Å². The van der Waals surface area contributed by atoms with Crippen LogP contribution in [0.5, 0.6) is 0 Å². The Labute approximate surface area is 75.6 Å². The van der Waals surface area contributed by atoms with Crippen molar-refractivity contribution < 1.29 is 8.78 Å². The van der Waals surface area contributed by atoms with E-state index in [4.69, 9.17) is 5.73 Å². The zero-order valence-corrected chi connectivity index (χ0v) is 7.35. The smallest absolute Gasteiger partial charge is 0.129 e. The van der Waals surface area contributed by atoms with Gasteiger partial charge >= 0.3 is 0 Å². The van der Waals surface area contributed by atoms with Crippen LogP contribution < -0.4 is 5.73 Å². The summed E-state index contributed by atoms with van der Waals surface area (Å²) in [5.74, 6) is -0.981. The van der Waals surface area contributed by atoms with Crippen LogP contribution in [0.2, 0.25) is 0 Å². The summed E-state index contributed by atoms with van der Waals surface area (Å²) >= 11 is 0. The molecule has 0 bridgehead atoms. The lowest BCUT2D eigenvalue weighted by atomic mass is 9.96. The van der Waals surface area contributed by atoms with Gasteiger partial charge in [-0.05, 0) is 18.6 Å². The number of halogens is 2. The van der Waals surface area contributed by atoms with Gasteiger partial charge in [-0.25, -0.2) is 8.78 Å². The Kier molecular flexibility index (Phi) is 1.67. The third-order valence-corrected chi connectivity index (χ3v) is 2.84. The van der Waals surface area contributed by atoms with Crippen molar-refractivity contribution in [3.63, 3.8) is 0 Å². The van der Waals surface area contributed by atoms with E-state index < -0.39 is 17.0 Å². The fraction of sp³-hybridized carbons (Fsp3) is 0.400. The molecule has 0 unspecified atom stereocenters. The van der Waals surface area contributed by atoms with Crippen molar-refractivity contribution in [2.45, 2.75) is 24.8 Å². The Hall–Kier alpha value is -0.960. The molecule has 0 aromatic heterocycles. The maximum atomic E-state index is 13.3. The predicted molar refractivity (Wildman–Crippen MR) is 46.3 cm³/mol. The lowest BCUT2D eigenvalue weighted by Crippen LogP contribution is -2.17. The fourth-order valence-corrected chi connectivity index (χ4v) is 1.73. The molecule has 2 rings (SSSR count). The van der Waals surface area contributed by atoms with Crippen molar-refractivity contribution in [1.82, 2.24) is 0 Å². The predicted octanol–water partition coefficient (Wildman–Crippen LogP) is 1.95. The highest BCUT2D eigenvalue weighted by Gasteiger charge is 2.51. The maximum Gasteiger partial charge on any atom is 0.129 e. The molecule has 1 saturated carbocycles. The van der Waals surface area contributed by atoms with Crippen molar-refractivity contribution in [3.8, 4) is 0 Å². The summed E-state index contributed by atoms with van der Waals surface area (Å²) in [7, 11) is 0. The Morgan fingerprint density at radius 2 is 1.85 bits per heavy atom. The molecule has 1 fully saturated rings. The van der Waals surface area contributed by atoms with Crippen molar-refractivity contribution in [2.24, 2.45) is 5.73 Å². The first-order valence-electron chi connectivity index (χ1n) is 4.26. The Bertz CT molecular complexity index is 331. The van der Waals surface area contributed by atoms with Gasteiger partial charge in [-0.3, -0.25) is 0 Å². The van der Waals surface area contributed by atoms with Crippen LogP contribution in [0.4, 0.5) is 8.78 Å². The van der Waals surface area contributed by atoms with Gasteiger partial charge in [0.05, 0.1) is 0 Å². The lowest BCUT2D eigenvalue weighted by molar-refractivity contribution is 0.523. The average molecular weight is 183 g/mol. The molecule has 2 N–H and O–H groups in total. The van der Waals surface area contributed by atoms with Gasteiger partial charge < -0.3 is 5.73 Å². The molecule has 0 radical (unpaired) electrons. The largest absolute Gasteiger partial charge is 0.327 e. The van der Waals surface area contributed by atoms with E-state index in [0.717, 1.165) is 0 Å². The van der Waals surface area contributed by atoms with Gasteiger partial charge in [0.1, 0.15) is 11.6 Å². The van der Waals surface area contributed by atoms with Crippen LogP contribution in [0, 0.1) is 11.6 Å². The minimum atomic E-state index is -0.491.